The van der Waals surface area contributed by atoms with E-state index in [2.05, 4.69) is 13.0 Å². The van der Waals surface area contributed by atoms with Gasteiger partial charge in [-0.2, -0.15) is 0 Å². The predicted octanol–water partition coefficient (Wildman–Crippen LogP) is 5.48. The number of nitrogens with one attached hydrogen (secondary N) is 1. The lowest BCUT2D eigenvalue weighted by molar-refractivity contribution is -0.302. The molecule has 58 heavy (non-hydrogen) atoms. The van der Waals surface area contributed by atoms with Crippen LogP contribution >= 0.6 is 0 Å². The normalized spacial score (nSPS) is 40.7. The minimum Gasteiger partial charge on any atom is -0.456 e. The summed E-state index contributed by atoms with van der Waals surface area (Å²) >= 11 is 0. The molecule has 3 fully saturated rings. The second kappa shape index (κ2) is 21.7. The Kier molecular flexibility index (Phi) is 17.9. The summed E-state index contributed by atoms with van der Waals surface area (Å²) in [5.74, 6) is -7.06. The van der Waals surface area contributed by atoms with Gasteiger partial charge in [0.05, 0.1) is 30.5 Å². The number of aliphatic hydroxyl groups excluding tert-OH is 2. The molecule has 328 valence electrons. The van der Waals surface area contributed by atoms with Gasteiger partial charge in [-0.15, -0.1) is 0 Å². The van der Waals surface area contributed by atoms with Crippen LogP contribution in [0.1, 0.15) is 112 Å². The second-order valence-corrected chi connectivity index (χ2v) is 17.6. The van der Waals surface area contributed by atoms with E-state index in [4.69, 9.17) is 23.7 Å². The van der Waals surface area contributed by atoms with Gasteiger partial charge < -0.3 is 49.3 Å². The third-order valence-corrected chi connectivity index (χ3v) is 13.1. The summed E-state index contributed by atoms with van der Waals surface area (Å²) in [6.45, 7) is 11.4. The van der Waals surface area contributed by atoms with Crippen LogP contribution in [-0.4, -0.2) is 126 Å². The summed E-state index contributed by atoms with van der Waals surface area (Å²) in [5, 5.41) is 43.6. The highest BCUT2D eigenvalue weighted by Crippen LogP contribution is 2.39. The Balaban J connectivity index is 1.79. The van der Waals surface area contributed by atoms with Crippen molar-refractivity contribution in [3.8, 4) is 0 Å². The number of fused-ring (bicyclic) bond motifs is 3. The standard InChI is InChI=1S/C45H72N2O11/c1-10-11-14-32-20-26(2)19-27(3)21-38(55-8)41-39(56-9)23-29(5)45(53,58-41)42(50)43(51)47-18-13-12-15-34(47)44(52)57-40(30(6)36(49)25-33(32)46)28(4)22-31-16-17-35(48)37(24-31)54-7/h10-11,20,22,27,29-32,34-41,46,48-49,53H,12-19,21,23-25H2,1-9H3/b11-10+,26-20+,28-22+,46-33?/t27-,29+,30+,31-,32+,34-,35+,36-,37+,38-,39-,40+,41+,45+/m0/s1. The van der Waals surface area contributed by atoms with Crippen LogP contribution in [0.3, 0.4) is 0 Å². The molecule has 1 aliphatic carbocycles. The Bertz CT molecular complexity index is 1510. The second-order valence-electron chi connectivity index (χ2n) is 17.6. The van der Waals surface area contributed by atoms with Gasteiger partial charge in [0.2, 0.25) is 5.79 Å². The lowest BCUT2D eigenvalue weighted by Gasteiger charge is -2.47. The topological polar surface area (TPSA) is 185 Å². The molecule has 1 amide bonds. The maximum atomic E-state index is 14.4. The molecule has 4 aliphatic rings. The molecule has 4 rings (SSSR count). The predicted molar refractivity (Wildman–Crippen MR) is 220 cm³/mol. The highest BCUT2D eigenvalue weighted by atomic mass is 16.7. The van der Waals surface area contributed by atoms with Crippen LogP contribution in [0, 0.1) is 35.0 Å². The molecule has 2 bridgehead atoms. The van der Waals surface area contributed by atoms with Crippen molar-refractivity contribution < 1.29 is 53.4 Å². The molecule has 0 aromatic carbocycles. The Morgan fingerprint density at radius 1 is 0.948 bits per heavy atom. The number of carbonyl (C=O) groups is 3. The molecule has 13 heteroatoms. The van der Waals surface area contributed by atoms with Crippen LogP contribution in [0.25, 0.3) is 0 Å². The molecule has 0 radical (unpaired) electrons. The number of nitrogens with zero attached hydrogens (tertiary/aromatic N) is 1. The number of allylic oxidation sites excluding steroid dienone is 5. The average Bonchev–Trinajstić information content (AvgIpc) is 3.20. The fourth-order valence-corrected chi connectivity index (χ4v) is 9.57. The van der Waals surface area contributed by atoms with Crippen molar-refractivity contribution in [2.24, 2.45) is 29.6 Å². The molecule has 0 spiro atoms. The number of cyclic esters (lactones) is 1. The number of amides is 1. The molecular weight excluding hydrogens is 744 g/mol. The Labute approximate surface area is 346 Å². The maximum Gasteiger partial charge on any atom is 0.329 e. The van der Waals surface area contributed by atoms with Gasteiger partial charge >= 0.3 is 5.97 Å². The van der Waals surface area contributed by atoms with Crippen molar-refractivity contribution in [3.63, 3.8) is 0 Å². The Hall–Kier alpha value is -2.78. The van der Waals surface area contributed by atoms with Crippen LogP contribution in [0.15, 0.2) is 35.5 Å². The number of Topliss-reactive ketones (excluding diaryl/α,β-unsaturated/α-hetero) is 1. The van der Waals surface area contributed by atoms with Gasteiger partial charge in [-0.3, -0.25) is 9.59 Å². The highest BCUT2D eigenvalue weighted by molar-refractivity contribution is 6.39. The summed E-state index contributed by atoms with van der Waals surface area (Å²) in [4.78, 5) is 44.1. The third kappa shape index (κ3) is 11.5. The monoisotopic (exact) mass is 817 g/mol. The van der Waals surface area contributed by atoms with E-state index in [9.17, 15) is 35.1 Å². The number of piperidine rings is 1. The highest BCUT2D eigenvalue weighted by Gasteiger charge is 2.56. The number of aliphatic hydroxyl groups is 3. The van der Waals surface area contributed by atoms with Crippen molar-refractivity contribution in [2.45, 2.75) is 167 Å². The van der Waals surface area contributed by atoms with Gasteiger partial charge in [0.25, 0.3) is 11.7 Å². The van der Waals surface area contributed by atoms with Gasteiger partial charge in [0, 0.05) is 57.8 Å². The van der Waals surface area contributed by atoms with Crippen LogP contribution in [-0.2, 0) is 38.1 Å². The number of carbonyl (C=O) groups excluding carboxylic acids is 3. The lowest BCUT2D eigenvalue weighted by atomic mass is 9.81. The number of ether oxygens (including phenoxy) is 5. The number of rotatable bonds is 7. The van der Waals surface area contributed by atoms with E-state index in [1.54, 1.807) is 35.2 Å². The van der Waals surface area contributed by atoms with Crippen LogP contribution in [0.4, 0.5) is 0 Å². The smallest absolute Gasteiger partial charge is 0.329 e. The fraction of sp³-hybridized carbons (Fsp3) is 0.778. The molecular formula is C45H72N2O11. The summed E-state index contributed by atoms with van der Waals surface area (Å²) in [7, 11) is 4.67. The molecule has 13 nitrogen and oxygen atoms in total. The Morgan fingerprint density at radius 2 is 1.62 bits per heavy atom. The average molecular weight is 817 g/mol. The van der Waals surface area contributed by atoms with Crippen molar-refractivity contribution in [2.75, 3.05) is 27.9 Å². The first-order chi connectivity index (χ1) is 27.5. The number of esters is 1. The van der Waals surface area contributed by atoms with Crippen LogP contribution in [0.5, 0.6) is 0 Å². The SMILES string of the molecule is C/C=C/C[C@@H]1/C=C(\C)C[C@H](C)C[C@H](OC)[C@H]2O[C@@](O)(C(=O)C(=O)N3CCCC[C@H]3C(=O)O[C@H](/C(C)=C/[C@@H]3CC[C@@H](O)[C@H](OC)C3)[C@H](C)[C@@H](O)CC1=N)[C@H](C)C[C@@H]2OC. The van der Waals surface area contributed by atoms with E-state index in [0.717, 1.165) is 5.57 Å². The molecule has 1 saturated carbocycles. The van der Waals surface area contributed by atoms with E-state index in [1.165, 1.54) is 4.90 Å². The van der Waals surface area contributed by atoms with E-state index < -0.39 is 77.9 Å². The van der Waals surface area contributed by atoms with Gasteiger partial charge in [0.15, 0.2) is 0 Å². The Morgan fingerprint density at radius 3 is 2.28 bits per heavy atom. The first-order valence-corrected chi connectivity index (χ1v) is 21.4. The zero-order valence-corrected chi connectivity index (χ0v) is 36.4. The number of methoxy groups -OCH3 is 3. The fourth-order valence-electron chi connectivity index (χ4n) is 9.57. The first kappa shape index (κ1) is 47.9. The molecule has 14 atom stereocenters. The summed E-state index contributed by atoms with van der Waals surface area (Å²) in [6.07, 6.45) is 8.41. The van der Waals surface area contributed by atoms with Crippen molar-refractivity contribution >= 4 is 23.4 Å². The lowest BCUT2D eigenvalue weighted by Crippen LogP contribution is -2.64. The van der Waals surface area contributed by atoms with E-state index in [-0.39, 0.29) is 49.7 Å². The summed E-state index contributed by atoms with van der Waals surface area (Å²) in [5.41, 5.74) is 2.12. The maximum absolute atomic E-state index is 14.4. The largest absolute Gasteiger partial charge is 0.456 e. The van der Waals surface area contributed by atoms with Crippen molar-refractivity contribution in [1.29, 1.82) is 5.41 Å². The molecule has 2 saturated heterocycles. The minimum absolute atomic E-state index is 0.0170. The number of hydrogen-bond donors (Lipinski definition) is 4. The van der Waals surface area contributed by atoms with Crippen LogP contribution in [0.2, 0.25) is 0 Å². The summed E-state index contributed by atoms with van der Waals surface area (Å²) in [6, 6.07) is -1.11. The zero-order valence-electron chi connectivity index (χ0n) is 36.4. The van der Waals surface area contributed by atoms with Gasteiger partial charge in [-0.05, 0) is 102 Å². The molecule has 0 unspecified atom stereocenters. The summed E-state index contributed by atoms with van der Waals surface area (Å²) < 4.78 is 29.9. The number of hydrogen-bond acceptors (Lipinski definition) is 12. The third-order valence-electron chi connectivity index (χ3n) is 13.1. The van der Waals surface area contributed by atoms with Gasteiger partial charge in [-0.1, -0.05) is 50.6 Å². The first-order valence-electron chi connectivity index (χ1n) is 21.4. The van der Waals surface area contributed by atoms with Crippen molar-refractivity contribution in [1.82, 2.24) is 4.90 Å². The van der Waals surface area contributed by atoms with Gasteiger partial charge in [-0.25, -0.2) is 4.79 Å². The number of ketones is 1. The van der Waals surface area contributed by atoms with Crippen LogP contribution < -0.4 is 0 Å². The van der Waals surface area contributed by atoms with E-state index >= 15 is 0 Å². The molecule has 4 N–H and O–H groups in total. The molecule has 3 heterocycles. The molecule has 0 aromatic rings. The molecule has 0 aromatic heterocycles. The minimum atomic E-state index is -2.49. The quantitative estimate of drug-likeness (QED) is 0.145. The van der Waals surface area contributed by atoms with E-state index in [0.29, 0.717) is 62.7 Å². The molecule has 3 aliphatic heterocycles. The van der Waals surface area contributed by atoms with Gasteiger partial charge in [0.1, 0.15) is 18.2 Å². The zero-order chi connectivity index (χ0) is 42.9. The van der Waals surface area contributed by atoms with Crippen molar-refractivity contribution in [3.05, 3.63) is 35.5 Å². The van der Waals surface area contributed by atoms with E-state index in [1.807, 2.05) is 39.0 Å².